The summed E-state index contributed by atoms with van der Waals surface area (Å²) in [7, 11) is 0. The number of amides is 1. The van der Waals surface area contributed by atoms with Crippen molar-refractivity contribution < 1.29 is 19.1 Å². The highest BCUT2D eigenvalue weighted by atomic mass is 16.5. The van der Waals surface area contributed by atoms with Crippen molar-refractivity contribution in [2.45, 2.75) is 124 Å². The number of carbonyl (C=O) groups excluding carboxylic acids is 2. The zero-order chi connectivity index (χ0) is 27.5. The van der Waals surface area contributed by atoms with E-state index in [4.69, 9.17) is 9.47 Å². The van der Waals surface area contributed by atoms with Crippen molar-refractivity contribution in [1.82, 2.24) is 5.32 Å². The van der Waals surface area contributed by atoms with E-state index in [9.17, 15) is 9.59 Å². The number of hydrogen-bond acceptors (Lipinski definition) is 4. The first-order valence-electron chi connectivity index (χ1n) is 15.4. The lowest BCUT2D eigenvalue weighted by Gasteiger charge is -2.58. The molecule has 0 spiro atoms. The Morgan fingerprint density at radius 3 is 2.66 bits per heavy atom. The van der Waals surface area contributed by atoms with Gasteiger partial charge in [0, 0.05) is 38.6 Å². The van der Waals surface area contributed by atoms with Crippen molar-refractivity contribution >= 4 is 11.9 Å². The number of allylic oxidation sites excluding steroid dienone is 2. The highest BCUT2D eigenvalue weighted by Gasteiger charge is 2.67. The zero-order valence-corrected chi connectivity index (χ0v) is 25.0. The summed E-state index contributed by atoms with van der Waals surface area (Å²) >= 11 is 0. The fourth-order valence-corrected chi connectivity index (χ4v) is 9.96. The average Bonchev–Trinajstić information content (AvgIpc) is 3.27. The highest BCUT2D eigenvalue weighted by molar-refractivity contribution is 5.72. The van der Waals surface area contributed by atoms with Crippen LogP contribution in [0.25, 0.3) is 0 Å². The maximum absolute atomic E-state index is 11.9. The van der Waals surface area contributed by atoms with E-state index in [0.29, 0.717) is 29.6 Å². The first-order valence-corrected chi connectivity index (χ1v) is 15.4. The second-order valence-electron chi connectivity index (χ2n) is 14.3. The van der Waals surface area contributed by atoms with Crippen LogP contribution in [0.1, 0.15) is 113 Å². The van der Waals surface area contributed by atoms with Crippen LogP contribution in [0.5, 0.6) is 0 Å². The summed E-state index contributed by atoms with van der Waals surface area (Å²) in [4.78, 5) is 23.2. The standard InChI is InChI=1S/C33H51NO4/c1-8-29(36)37-24-13-15-31(5)23(17-24)10-11-25-26(31)14-16-32(6)27(25)18-33(7)30(32)21(3)28(38-33)12-9-20(2)19-34-22(4)35/h10,20,24-27,30H,8-9,11-19H2,1-7H3,(H,34,35)/t20-,24+,25+,26-,27-,30+,31-,32-,33-/m0/s1. The van der Waals surface area contributed by atoms with Gasteiger partial charge in [-0.05, 0) is 98.9 Å². The Bertz CT molecular complexity index is 1030. The monoisotopic (exact) mass is 525 g/mol. The summed E-state index contributed by atoms with van der Waals surface area (Å²) in [5.41, 5.74) is 3.51. The maximum Gasteiger partial charge on any atom is 0.305 e. The molecular formula is C33H51NO4. The van der Waals surface area contributed by atoms with Gasteiger partial charge in [0.2, 0.25) is 5.91 Å². The molecule has 0 aromatic carbocycles. The molecule has 1 amide bonds. The second kappa shape index (κ2) is 10.0. The average molecular weight is 526 g/mol. The van der Waals surface area contributed by atoms with Crippen molar-refractivity contribution in [3.05, 3.63) is 23.0 Å². The Morgan fingerprint density at radius 1 is 1.18 bits per heavy atom. The van der Waals surface area contributed by atoms with Gasteiger partial charge in [-0.3, -0.25) is 9.59 Å². The summed E-state index contributed by atoms with van der Waals surface area (Å²) in [6.45, 7) is 16.3. The van der Waals surface area contributed by atoms with E-state index >= 15 is 0 Å². The molecule has 5 rings (SSSR count). The molecule has 1 heterocycles. The van der Waals surface area contributed by atoms with Gasteiger partial charge < -0.3 is 14.8 Å². The van der Waals surface area contributed by atoms with Gasteiger partial charge in [-0.15, -0.1) is 0 Å². The molecule has 3 fully saturated rings. The third kappa shape index (κ3) is 4.54. The molecule has 4 aliphatic carbocycles. The SMILES string of the molecule is CCC(=O)O[C@@H]1CC[C@@]2(C)C(=CC[C@H]3[C@@H]4C[C@]5(C)OC(CC[C@H](C)CNC(C)=O)=C(C)[C@@H]5[C@@]4(C)CC[C@@H]32)C1. The van der Waals surface area contributed by atoms with Crippen molar-refractivity contribution in [2.24, 2.45) is 40.4 Å². The molecule has 1 aliphatic heterocycles. The van der Waals surface area contributed by atoms with Crippen LogP contribution in [-0.4, -0.2) is 30.1 Å². The van der Waals surface area contributed by atoms with Gasteiger partial charge in [0.25, 0.3) is 0 Å². The summed E-state index contributed by atoms with van der Waals surface area (Å²) in [5, 5.41) is 2.96. The molecule has 212 valence electrons. The van der Waals surface area contributed by atoms with E-state index in [1.165, 1.54) is 30.6 Å². The highest BCUT2D eigenvalue weighted by Crippen LogP contribution is 2.71. The van der Waals surface area contributed by atoms with E-state index in [2.05, 4.69) is 46.0 Å². The second-order valence-corrected chi connectivity index (χ2v) is 14.3. The van der Waals surface area contributed by atoms with E-state index in [-0.39, 0.29) is 29.0 Å². The van der Waals surface area contributed by atoms with Crippen LogP contribution in [-0.2, 0) is 19.1 Å². The predicted molar refractivity (Wildman–Crippen MR) is 150 cm³/mol. The molecule has 0 radical (unpaired) electrons. The lowest BCUT2D eigenvalue weighted by molar-refractivity contribution is -0.151. The Balaban J connectivity index is 1.31. The van der Waals surface area contributed by atoms with Crippen LogP contribution in [0.4, 0.5) is 0 Å². The zero-order valence-electron chi connectivity index (χ0n) is 25.0. The molecule has 0 aromatic rings. The summed E-state index contributed by atoms with van der Waals surface area (Å²) in [6.07, 6.45) is 13.1. The number of carbonyl (C=O) groups is 2. The Hall–Kier alpha value is -1.78. The quantitative estimate of drug-likeness (QED) is 0.284. The number of ether oxygens (including phenoxy) is 2. The number of fused-ring (bicyclic) bond motifs is 7. The van der Waals surface area contributed by atoms with Crippen LogP contribution >= 0.6 is 0 Å². The summed E-state index contributed by atoms with van der Waals surface area (Å²) in [6, 6.07) is 0. The van der Waals surface area contributed by atoms with E-state index < -0.39 is 0 Å². The molecule has 3 saturated carbocycles. The molecule has 5 heteroatoms. The number of hydrogen-bond donors (Lipinski definition) is 1. The van der Waals surface area contributed by atoms with E-state index in [1.54, 1.807) is 12.5 Å². The lowest BCUT2D eigenvalue weighted by atomic mass is 9.47. The fourth-order valence-electron chi connectivity index (χ4n) is 9.96. The number of rotatable bonds is 7. The van der Waals surface area contributed by atoms with Gasteiger partial charge in [0.05, 0.1) is 5.76 Å². The van der Waals surface area contributed by atoms with Gasteiger partial charge >= 0.3 is 5.97 Å². The van der Waals surface area contributed by atoms with Crippen molar-refractivity contribution in [3.8, 4) is 0 Å². The van der Waals surface area contributed by atoms with Gasteiger partial charge in [0.1, 0.15) is 11.7 Å². The summed E-state index contributed by atoms with van der Waals surface area (Å²) < 4.78 is 12.7. The minimum atomic E-state index is -0.0918. The van der Waals surface area contributed by atoms with E-state index in [1.807, 2.05) is 6.92 Å². The molecule has 0 unspecified atom stereocenters. The van der Waals surface area contributed by atoms with Crippen LogP contribution in [0.15, 0.2) is 23.0 Å². The van der Waals surface area contributed by atoms with Crippen molar-refractivity contribution in [3.63, 3.8) is 0 Å². The van der Waals surface area contributed by atoms with Gasteiger partial charge in [-0.25, -0.2) is 0 Å². The Labute approximate surface area is 230 Å². The minimum Gasteiger partial charge on any atom is -0.491 e. The first-order chi connectivity index (χ1) is 17.9. The van der Waals surface area contributed by atoms with Crippen molar-refractivity contribution in [1.29, 1.82) is 0 Å². The van der Waals surface area contributed by atoms with Crippen molar-refractivity contribution in [2.75, 3.05) is 6.54 Å². The topological polar surface area (TPSA) is 64.6 Å². The van der Waals surface area contributed by atoms with Gasteiger partial charge in [0.15, 0.2) is 0 Å². The molecule has 0 aromatic heterocycles. The normalized spacial score (nSPS) is 42.2. The molecule has 0 saturated heterocycles. The molecule has 38 heavy (non-hydrogen) atoms. The molecule has 1 N–H and O–H groups in total. The van der Waals surface area contributed by atoms with Gasteiger partial charge in [-0.1, -0.05) is 39.3 Å². The fraction of sp³-hybridized carbons (Fsp3) is 0.818. The lowest BCUT2D eigenvalue weighted by Crippen LogP contribution is -2.50. The van der Waals surface area contributed by atoms with Crippen LogP contribution in [0.2, 0.25) is 0 Å². The minimum absolute atomic E-state index is 0.0486. The smallest absolute Gasteiger partial charge is 0.305 e. The third-order valence-corrected chi connectivity index (χ3v) is 11.8. The van der Waals surface area contributed by atoms with Crippen LogP contribution < -0.4 is 5.32 Å². The maximum atomic E-state index is 11.9. The number of nitrogens with one attached hydrogen (secondary N) is 1. The van der Waals surface area contributed by atoms with Crippen LogP contribution in [0.3, 0.4) is 0 Å². The Morgan fingerprint density at radius 2 is 1.95 bits per heavy atom. The van der Waals surface area contributed by atoms with Crippen LogP contribution in [0, 0.1) is 40.4 Å². The first kappa shape index (κ1) is 27.8. The largest absolute Gasteiger partial charge is 0.491 e. The summed E-state index contributed by atoms with van der Waals surface area (Å²) in [5.74, 6) is 4.30. The Kier molecular flexibility index (Phi) is 7.31. The number of esters is 1. The molecule has 9 atom stereocenters. The predicted octanol–water partition coefficient (Wildman–Crippen LogP) is 7.11. The third-order valence-electron chi connectivity index (χ3n) is 11.8. The molecule has 5 aliphatic rings. The molecule has 5 nitrogen and oxygen atoms in total. The molecule has 0 bridgehead atoms. The van der Waals surface area contributed by atoms with E-state index in [0.717, 1.165) is 56.9 Å². The van der Waals surface area contributed by atoms with Gasteiger partial charge in [-0.2, -0.15) is 0 Å². The molecular weight excluding hydrogens is 474 g/mol.